The molecule has 0 aromatic heterocycles. The molecule has 0 spiro atoms. The van der Waals surface area contributed by atoms with Gasteiger partial charge < -0.3 is 10.2 Å². The van der Waals surface area contributed by atoms with E-state index in [1.807, 2.05) is 0 Å². The third-order valence-corrected chi connectivity index (χ3v) is 1.74. The number of nitro groups is 3. The molecule has 0 atom stereocenters. The fraction of sp³-hybridized carbons (Fsp3) is 0. The topological polar surface area (TPSA) is 176 Å². The Hall–Kier alpha value is -2.06. The zero-order valence-electron chi connectivity index (χ0n) is 8.39. The molecular weight excluding hydrogens is 449 g/mol. The van der Waals surface area contributed by atoms with E-state index in [0.29, 0.717) is 0 Å². The van der Waals surface area contributed by atoms with Crippen molar-refractivity contribution in [3.8, 4) is 11.5 Å². The number of hydrogen-bond donors (Lipinski definition) is 0. The van der Waals surface area contributed by atoms with Crippen molar-refractivity contribution < 1.29 is 25.0 Å². The Balaban J connectivity index is 0.00000289. The van der Waals surface area contributed by atoms with E-state index in [4.69, 9.17) is 0 Å². The number of hydrogen-bond acceptors (Lipinski definition) is 8. The van der Waals surface area contributed by atoms with Crippen LogP contribution in [0.4, 0.5) is 17.1 Å². The summed E-state index contributed by atoms with van der Waals surface area (Å²) in [6.07, 6.45) is 0. The van der Waals surface area contributed by atoms with Crippen molar-refractivity contribution in [3.63, 3.8) is 0 Å². The molecule has 0 aliphatic carbocycles. The number of benzene rings is 1. The van der Waals surface area contributed by atoms with Crippen molar-refractivity contribution in [1.82, 2.24) is 0 Å². The van der Waals surface area contributed by atoms with Crippen LogP contribution in [0.2, 0.25) is 0 Å². The van der Waals surface area contributed by atoms with Gasteiger partial charge in [-0.15, -0.1) is 0 Å². The first-order valence-corrected chi connectivity index (χ1v) is 3.75. The van der Waals surface area contributed by atoms with Crippen molar-refractivity contribution in [2.75, 3.05) is 0 Å². The monoisotopic (exact) mass is 453 g/mol. The van der Waals surface area contributed by atoms with E-state index >= 15 is 0 Å². The third-order valence-electron chi connectivity index (χ3n) is 1.74. The van der Waals surface area contributed by atoms with Crippen LogP contribution in [-0.4, -0.2) is 42.1 Å². The summed E-state index contributed by atoms with van der Waals surface area (Å²) >= 11 is 0. The maximum absolute atomic E-state index is 11.1. The summed E-state index contributed by atoms with van der Waals surface area (Å²) in [5, 5.41) is 53.3. The first-order valence-electron chi connectivity index (χ1n) is 3.75. The van der Waals surface area contributed by atoms with E-state index in [-0.39, 0.29) is 33.4 Å². The Bertz CT molecular complexity index is 506. The van der Waals surface area contributed by atoms with Crippen LogP contribution in [0.15, 0.2) is 6.07 Å². The Kier molecular flexibility index (Phi) is 4.89. The molecule has 0 fully saturated rings. The van der Waals surface area contributed by atoms with Gasteiger partial charge in [0.25, 0.3) is 17.1 Å². The molecule has 0 heterocycles. The summed E-state index contributed by atoms with van der Waals surface area (Å²) in [7, 11) is 0. The van der Waals surface area contributed by atoms with Gasteiger partial charge in [0, 0.05) is 0 Å². The molecule has 0 aliphatic rings. The quantitative estimate of drug-likeness (QED) is 0.307. The van der Waals surface area contributed by atoms with Crippen molar-refractivity contribution >= 4 is 44.4 Å². The number of rotatable bonds is 3. The van der Waals surface area contributed by atoms with Gasteiger partial charge in [0.15, 0.2) is 0 Å². The van der Waals surface area contributed by atoms with Crippen molar-refractivity contribution in [2.45, 2.75) is 0 Å². The zero-order valence-corrected chi connectivity index (χ0v) is 13.9. The Morgan fingerprint density at radius 1 is 0.778 bits per heavy atom. The maximum atomic E-state index is 11.1. The van der Waals surface area contributed by atoms with Gasteiger partial charge in [-0.2, -0.15) is 0 Å². The molecule has 0 unspecified atom stereocenters. The molecule has 18 heavy (non-hydrogen) atoms. The van der Waals surface area contributed by atoms with E-state index in [0.717, 1.165) is 0 Å². The fourth-order valence-electron chi connectivity index (χ4n) is 1.04. The second kappa shape index (κ2) is 5.52. The van der Waals surface area contributed by atoms with Gasteiger partial charge in [-0.3, -0.25) is 30.3 Å². The van der Waals surface area contributed by atoms with Crippen molar-refractivity contribution in [1.29, 1.82) is 0 Å². The summed E-state index contributed by atoms with van der Waals surface area (Å²) in [5.41, 5.74) is -4.48. The van der Waals surface area contributed by atoms with Gasteiger partial charge in [-0.05, 0) is 0 Å². The van der Waals surface area contributed by atoms with E-state index in [2.05, 4.69) is 0 Å². The van der Waals surface area contributed by atoms with Crippen LogP contribution in [0.25, 0.3) is 0 Å². The molecule has 11 nitrogen and oxygen atoms in total. The van der Waals surface area contributed by atoms with E-state index in [1.54, 1.807) is 0 Å². The predicted octanol–water partition coefficient (Wildman–Crippen LogP) is -1.36. The van der Waals surface area contributed by atoms with Gasteiger partial charge in [-0.25, -0.2) is 0 Å². The summed E-state index contributed by atoms with van der Waals surface area (Å²) in [4.78, 5) is 26.9. The molecule has 1 rings (SSSR count). The minimum atomic E-state index is -1.75. The van der Waals surface area contributed by atoms with E-state index in [1.165, 1.54) is 0 Å². The van der Waals surface area contributed by atoms with Gasteiger partial charge in [-0.1, -0.05) is 0 Å². The molecule has 0 saturated heterocycles. The van der Waals surface area contributed by atoms with Crippen LogP contribution >= 0.6 is 0 Å². The molecule has 96 valence electrons. The Morgan fingerprint density at radius 2 is 1.11 bits per heavy atom. The van der Waals surface area contributed by atoms with Crippen molar-refractivity contribution in [3.05, 3.63) is 36.4 Å². The normalized spacial score (nSPS) is 9.33. The minimum absolute atomic E-state index is 0. The van der Waals surface area contributed by atoms with E-state index in [9.17, 15) is 40.6 Å². The van der Waals surface area contributed by atoms with Crippen LogP contribution in [0.5, 0.6) is 11.5 Å². The van der Waals surface area contributed by atoms with E-state index < -0.39 is 43.3 Å². The fourth-order valence-corrected chi connectivity index (χ4v) is 1.04. The average Bonchev–Trinajstić information content (AvgIpc) is 2.15. The molecule has 2 radical (unpaired) electrons. The molecule has 0 bridgehead atoms. The molecule has 1 aromatic carbocycles. The molecule has 1 aromatic rings. The predicted molar refractivity (Wildman–Crippen MR) is 53.8 cm³/mol. The second-order valence-electron chi connectivity index (χ2n) is 2.69. The number of nitro benzene ring substituents is 3. The Labute approximate surface area is 117 Å². The standard InChI is InChI=1S/C6H3N3O8.Pb.2H/c10-5-2(7(12)13)1-3(8(14)15)6(11)4(5)9(16)17;;;/h1,10-11H;;;/p-2. The number of nitrogens with zero attached hydrogens (tertiary/aromatic N) is 3. The Morgan fingerprint density at radius 3 is 1.33 bits per heavy atom. The summed E-state index contributed by atoms with van der Waals surface area (Å²) in [6.45, 7) is 0. The summed E-state index contributed by atoms with van der Waals surface area (Å²) < 4.78 is 0. The molecular formula is C6H3N3O8Pb-2. The van der Waals surface area contributed by atoms with Gasteiger partial charge in [0.2, 0.25) is 0 Å². The molecule has 0 amide bonds. The third kappa shape index (κ3) is 2.60. The molecule has 12 heteroatoms. The van der Waals surface area contributed by atoms with Crippen LogP contribution in [0, 0.1) is 30.3 Å². The van der Waals surface area contributed by atoms with Crippen LogP contribution < -0.4 is 10.2 Å². The first-order chi connectivity index (χ1) is 7.77. The molecule has 0 aliphatic heterocycles. The van der Waals surface area contributed by atoms with Crippen LogP contribution in [0.3, 0.4) is 0 Å². The van der Waals surface area contributed by atoms with Crippen LogP contribution in [-0.2, 0) is 0 Å². The summed E-state index contributed by atoms with van der Waals surface area (Å²) in [6, 6.07) is 0.109. The zero-order chi connectivity index (χ0) is 13.3. The molecule has 0 saturated carbocycles. The van der Waals surface area contributed by atoms with Crippen LogP contribution in [0.1, 0.15) is 0 Å². The summed E-state index contributed by atoms with van der Waals surface area (Å²) in [5.74, 6) is -3.51. The second-order valence-corrected chi connectivity index (χ2v) is 2.69. The first kappa shape index (κ1) is 15.9. The van der Waals surface area contributed by atoms with Gasteiger partial charge >= 0.3 is 27.3 Å². The van der Waals surface area contributed by atoms with Gasteiger partial charge in [0.05, 0.1) is 32.3 Å². The SMILES string of the molecule is O=[N+]([O-])c1cc([N+](=O)[O-])c([O-])c([N+](=O)[O-])c1[O-].[PbH2]. The molecule has 0 N–H and O–H groups in total. The van der Waals surface area contributed by atoms with Gasteiger partial charge in [0.1, 0.15) is 0 Å². The van der Waals surface area contributed by atoms with Crippen molar-refractivity contribution in [2.24, 2.45) is 0 Å². The average molecular weight is 452 g/mol.